The van der Waals surface area contributed by atoms with Gasteiger partial charge in [-0.3, -0.25) is 9.59 Å². The number of furan rings is 1. The molecule has 0 unspecified atom stereocenters. The van der Waals surface area contributed by atoms with Gasteiger partial charge >= 0.3 is 0 Å². The van der Waals surface area contributed by atoms with E-state index < -0.39 is 11.8 Å². The number of benzene rings is 3. The van der Waals surface area contributed by atoms with E-state index in [2.05, 4.69) is 31.8 Å². The Morgan fingerprint density at radius 1 is 0.892 bits per heavy atom. The van der Waals surface area contributed by atoms with Gasteiger partial charge < -0.3 is 14.6 Å². The van der Waals surface area contributed by atoms with Crippen molar-refractivity contribution in [3.05, 3.63) is 118 Å². The minimum atomic E-state index is -0.572. The van der Waals surface area contributed by atoms with Crippen LogP contribution < -0.4 is 15.6 Å². The average molecular weight is 557 g/mol. The molecule has 4 rings (SSSR count). The Balaban J connectivity index is 1.50. The Bertz CT molecular complexity index is 1420. The zero-order chi connectivity index (χ0) is 26.2. The molecule has 1 aromatic heterocycles. The predicted octanol–water partition coefficient (Wildman–Crippen LogP) is 5.70. The first-order valence-corrected chi connectivity index (χ1v) is 12.2. The fourth-order valence-corrected chi connectivity index (χ4v) is 3.65. The van der Waals surface area contributed by atoms with Crippen molar-refractivity contribution in [1.29, 1.82) is 0 Å². The molecule has 0 saturated carbocycles. The lowest BCUT2D eigenvalue weighted by atomic mass is 10.1. The molecule has 8 heteroatoms. The maximum atomic E-state index is 13.0. The Labute approximate surface area is 223 Å². The van der Waals surface area contributed by atoms with Crippen LogP contribution in [-0.4, -0.2) is 32.1 Å². The van der Waals surface area contributed by atoms with Crippen LogP contribution in [0, 0.1) is 0 Å². The van der Waals surface area contributed by atoms with Crippen molar-refractivity contribution in [2.45, 2.75) is 0 Å². The second kappa shape index (κ2) is 12.0. The zero-order valence-corrected chi connectivity index (χ0v) is 21.9. The van der Waals surface area contributed by atoms with Crippen LogP contribution in [0.4, 0.5) is 5.69 Å². The van der Waals surface area contributed by atoms with E-state index in [1.165, 1.54) is 6.21 Å². The van der Waals surface area contributed by atoms with Crippen molar-refractivity contribution < 1.29 is 14.0 Å². The number of halogens is 1. The molecule has 4 aromatic rings. The molecule has 0 bridgehead atoms. The van der Waals surface area contributed by atoms with Crippen LogP contribution in [0.2, 0.25) is 0 Å². The molecule has 2 amide bonds. The van der Waals surface area contributed by atoms with Crippen molar-refractivity contribution in [2.75, 3.05) is 19.0 Å². The highest BCUT2D eigenvalue weighted by Crippen LogP contribution is 2.23. The second-order valence-corrected chi connectivity index (χ2v) is 9.19. The maximum Gasteiger partial charge on any atom is 0.287 e. The van der Waals surface area contributed by atoms with E-state index >= 15 is 0 Å². The van der Waals surface area contributed by atoms with Gasteiger partial charge in [0.15, 0.2) is 0 Å². The molecule has 0 saturated heterocycles. The van der Waals surface area contributed by atoms with E-state index in [1.54, 1.807) is 36.4 Å². The number of nitrogens with zero attached hydrogens (tertiary/aromatic N) is 2. The van der Waals surface area contributed by atoms with Crippen LogP contribution in [0.15, 0.2) is 111 Å². The van der Waals surface area contributed by atoms with Crippen LogP contribution in [0.25, 0.3) is 17.4 Å². The Morgan fingerprint density at radius 2 is 1.59 bits per heavy atom. The highest BCUT2D eigenvalue weighted by atomic mass is 79.9. The van der Waals surface area contributed by atoms with Crippen molar-refractivity contribution in [3.63, 3.8) is 0 Å². The van der Waals surface area contributed by atoms with Crippen molar-refractivity contribution in [3.8, 4) is 11.3 Å². The van der Waals surface area contributed by atoms with Gasteiger partial charge in [0.1, 0.15) is 17.2 Å². The lowest BCUT2D eigenvalue weighted by molar-refractivity contribution is -0.117. The smallest absolute Gasteiger partial charge is 0.287 e. The van der Waals surface area contributed by atoms with Gasteiger partial charge in [-0.1, -0.05) is 58.4 Å². The molecule has 0 aliphatic rings. The molecule has 0 radical (unpaired) electrons. The first-order chi connectivity index (χ1) is 17.9. The van der Waals surface area contributed by atoms with Gasteiger partial charge in [-0.05, 0) is 60.2 Å². The normalized spacial score (nSPS) is 11.4. The second-order valence-electron chi connectivity index (χ2n) is 8.27. The van der Waals surface area contributed by atoms with Crippen LogP contribution in [0.1, 0.15) is 21.7 Å². The van der Waals surface area contributed by atoms with E-state index in [0.29, 0.717) is 17.1 Å². The molecular weight excluding hydrogens is 532 g/mol. The van der Waals surface area contributed by atoms with Gasteiger partial charge in [0, 0.05) is 35.4 Å². The lowest BCUT2D eigenvalue weighted by Crippen LogP contribution is -2.32. The fraction of sp³-hybridized carbons (Fsp3) is 0.0690. The van der Waals surface area contributed by atoms with Crippen LogP contribution in [0.5, 0.6) is 0 Å². The average Bonchev–Trinajstić information content (AvgIpc) is 3.38. The molecule has 0 spiro atoms. The lowest BCUT2D eigenvalue weighted by Gasteiger charge is -2.12. The summed E-state index contributed by atoms with van der Waals surface area (Å²) < 4.78 is 6.77. The number of carbonyl (C=O) groups excluding carboxylic acids is 2. The third-order valence-corrected chi connectivity index (χ3v) is 5.89. The molecule has 0 aliphatic carbocycles. The molecular formula is C29H25BrN4O3. The summed E-state index contributed by atoms with van der Waals surface area (Å²) in [6.07, 6.45) is 3.01. The van der Waals surface area contributed by atoms with E-state index in [-0.39, 0.29) is 5.70 Å². The van der Waals surface area contributed by atoms with Crippen LogP contribution in [0.3, 0.4) is 0 Å². The number of anilines is 1. The highest BCUT2D eigenvalue weighted by molar-refractivity contribution is 9.10. The first kappa shape index (κ1) is 25.7. The molecule has 1 heterocycles. The fourth-order valence-electron chi connectivity index (χ4n) is 3.38. The summed E-state index contributed by atoms with van der Waals surface area (Å²) in [7, 11) is 3.89. The number of hydrazone groups is 1. The quantitative estimate of drug-likeness (QED) is 0.166. The molecule has 0 aliphatic heterocycles. The first-order valence-electron chi connectivity index (χ1n) is 11.4. The monoisotopic (exact) mass is 556 g/mol. The summed E-state index contributed by atoms with van der Waals surface area (Å²) >= 11 is 3.42. The summed E-state index contributed by atoms with van der Waals surface area (Å²) in [5, 5.41) is 6.71. The number of rotatable bonds is 8. The Morgan fingerprint density at radius 3 is 2.27 bits per heavy atom. The third kappa shape index (κ3) is 7.05. The van der Waals surface area contributed by atoms with E-state index in [1.807, 2.05) is 79.7 Å². The highest BCUT2D eigenvalue weighted by Gasteiger charge is 2.14. The summed E-state index contributed by atoms with van der Waals surface area (Å²) in [5.74, 6) is 0.173. The summed E-state index contributed by atoms with van der Waals surface area (Å²) in [4.78, 5) is 27.7. The van der Waals surface area contributed by atoms with Gasteiger partial charge in [0.25, 0.3) is 11.8 Å². The molecule has 3 aromatic carbocycles. The third-order valence-electron chi connectivity index (χ3n) is 5.36. The van der Waals surface area contributed by atoms with Gasteiger partial charge in [-0.25, -0.2) is 5.43 Å². The number of carbonyl (C=O) groups is 2. The van der Waals surface area contributed by atoms with Gasteiger partial charge in [-0.2, -0.15) is 5.10 Å². The minimum Gasteiger partial charge on any atom is -0.455 e. The molecule has 37 heavy (non-hydrogen) atoms. The summed E-state index contributed by atoms with van der Waals surface area (Å²) in [5.41, 5.74) is 5.64. The number of hydrogen-bond donors (Lipinski definition) is 2. The molecule has 186 valence electrons. The zero-order valence-electron chi connectivity index (χ0n) is 20.3. The van der Waals surface area contributed by atoms with E-state index in [4.69, 9.17) is 4.42 Å². The Kier molecular flexibility index (Phi) is 8.33. The maximum absolute atomic E-state index is 13.0. The van der Waals surface area contributed by atoms with Crippen LogP contribution >= 0.6 is 15.9 Å². The van der Waals surface area contributed by atoms with Crippen molar-refractivity contribution >= 4 is 45.7 Å². The molecule has 7 nitrogen and oxygen atoms in total. The van der Waals surface area contributed by atoms with Gasteiger partial charge in [-0.15, -0.1) is 0 Å². The number of amides is 2. The molecule has 2 N–H and O–H groups in total. The van der Waals surface area contributed by atoms with Gasteiger partial charge in [0.2, 0.25) is 0 Å². The predicted molar refractivity (Wildman–Crippen MR) is 150 cm³/mol. The van der Waals surface area contributed by atoms with E-state index in [0.717, 1.165) is 21.3 Å². The summed E-state index contributed by atoms with van der Waals surface area (Å²) in [6, 6.07) is 27.6. The van der Waals surface area contributed by atoms with E-state index in [9.17, 15) is 9.59 Å². The topological polar surface area (TPSA) is 86.9 Å². The van der Waals surface area contributed by atoms with Crippen molar-refractivity contribution in [2.24, 2.45) is 5.10 Å². The van der Waals surface area contributed by atoms with Crippen molar-refractivity contribution in [1.82, 2.24) is 10.7 Å². The standard InChI is InChI=1S/C29H25BrN4O3/c1-34(2)24-14-8-20(9-15-24)18-26(32-28(35)22-6-4-3-5-7-22)29(36)33-31-19-25-16-17-27(37-25)21-10-12-23(30)13-11-21/h3-19H,1-2H3,(H,32,35)(H,33,36)/b26-18+,31-19+. The largest absolute Gasteiger partial charge is 0.455 e. The Hall–Kier alpha value is -4.43. The number of hydrogen-bond acceptors (Lipinski definition) is 5. The SMILES string of the molecule is CN(C)c1ccc(/C=C(/NC(=O)c2ccccc2)C(=O)N/N=C/c2ccc(-c3ccc(Br)cc3)o2)cc1. The van der Waals surface area contributed by atoms with Crippen LogP contribution in [-0.2, 0) is 4.79 Å². The van der Waals surface area contributed by atoms with Gasteiger partial charge in [0.05, 0.1) is 6.21 Å². The summed E-state index contributed by atoms with van der Waals surface area (Å²) in [6.45, 7) is 0. The molecule has 0 fully saturated rings. The number of nitrogens with one attached hydrogen (secondary N) is 2. The molecule has 0 atom stereocenters. The minimum absolute atomic E-state index is 0.0543.